The maximum Gasteiger partial charge on any atom is 0.161 e. The van der Waals surface area contributed by atoms with Crippen molar-refractivity contribution in [1.29, 1.82) is 0 Å². The standard InChI is InChI=1S/C15H22O3/c1-11(16)9-12-7-8-14(17-2)15(10-12)18-13-5-3-4-6-13/h7-8,10-11,13,16H,3-6,9H2,1-2H3. The van der Waals surface area contributed by atoms with Crippen LogP contribution in [-0.2, 0) is 6.42 Å². The molecule has 1 unspecified atom stereocenters. The Labute approximate surface area is 109 Å². The van der Waals surface area contributed by atoms with Crippen LogP contribution in [0.5, 0.6) is 11.5 Å². The van der Waals surface area contributed by atoms with E-state index in [9.17, 15) is 5.11 Å². The van der Waals surface area contributed by atoms with Gasteiger partial charge in [-0.05, 0) is 56.7 Å². The fraction of sp³-hybridized carbons (Fsp3) is 0.600. The second-order valence-corrected chi connectivity index (χ2v) is 5.06. The van der Waals surface area contributed by atoms with Crippen LogP contribution in [-0.4, -0.2) is 24.4 Å². The lowest BCUT2D eigenvalue weighted by molar-refractivity contribution is 0.192. The quantitative estimate of drug-likeness (QED) is 0.873. The van der Waals surface area contributed by atoms with Crippen LogP contribution in [0.3, 0.4) is 0 Å². The highest BCUT2D eigenvalue weighted by molar-refractivity contribution is 5.43. The molecule has 3 heteroatoms. The second-order valence-electron chi connectivity index (χ2n) is 5.06. The zero-order valence-corrected chi connectivity index (χ0v) is 11.2. The van der Waals surface area contributed by atoms with Crippen LogP contribution in [0.25, 0.3) is 0 Å². The average Bonchev–Trinajstić information content (AvgIpc) is 2.81. The van der Waals surface area contributed by atoms with Crippen molar-refractivity contribution in [3.05, 3.63) is 23.8 Å². The van der Waals surface area contributed by atoms with E-state index < -0.39 is 0 Å². The Morgan fingerprint density at radius 3 is 2.61 bits per heavy atom. The lowest BCUT2D eigenvalue weighted by atomic mass is 10.1. The molecule has 0 aliphatic heterocycles. The van der Waals surface area contributed by atoms with E-state index in [0.29, 0.717) is 12.5 Å². The summed E-state index contributed by atoms with van der Waals surface area (Å²) in [5.74, 6) is 1.58. The SMILES string of the molecule is COc1ccc(CC(C)O)cc1OC1CCCC1. The van der Waals surface area contributed by atoms with Crippen LogP contribution >= 0.6 is 0 Å². The smallest absolute Gasteiger partial charge is 0.161 e. The van der Waals surface area contributed by atoms with Gasteiger partial charge in [-0.2, -0.15) is 0 Å². The zero-order valence-electron chi connectivity index (χ0n) is 11.2. The normalized spacial score (nSPS) is 17.7. The van der Waals surface area contributed by atoms with E-state index in [1.165, 1.54) is 12.8 Å². The van der Waals surface area contributed by atoms with E-state index in [0.717, 1.165) is 29.9 Å². The lowest BCUT2D eigenvalue weighted by Crippen LogP contribution is -2.12. The molecule has 1 aliphatic rings. The molecule has 1 saturated carbocycles. The first kappa shape index (κ1) is 13.2. The van der Waals surface area contributed by atoms with Crippen molar-refractivity contribution in [1.82, 2.24) is 0 Å². The van der Waals surface area contributed by atoms with Crippen LogP contribution < -0.4 is 9.47 Å². The molecule has 0 spiro atoms. The maximum atomic E-state index is 9.44. The highest BCUT2D eigenvalue weighted by Gasteiger charge is 2.18. The number of aliphatic hydroxyl groups excluding tert-OH is 1. The molecular weight excluding hydrogens is 228 g/mol. The predicted octanol–water partition coefficient (Wildman–Crippen LogP) is 2.94. The Morgan fingerprint density at radius 2 is 2.00 bits per heavy atom. The van der Waals surface area contributed by atoms with Gasteiger partial charge in [0, 0.05) is 0 Å². The van der Waals surface area contributed by atoms with Gasteiger partial charge in [-0.3, -0.25) is 0 Å². The molecule has 0 bridgehead atoms. The molecule has 1 fully saturated rings. The van der Waals surface area contributed by atoms with Crippen molar-refractivity contribution < 1.29 is 14.6 Å². The van der Waals surface area contributed by atoms with E-state index in [1.54, 1.807) is 14.0 Å². The van der Waals surface area contributed by atoms with Crippen LogP contribution in [0, 0.1) is 0 Å². The Morgan fingerprint density at radius 1 is 1.28 bits per heavy atom. The first-order valence-corrected chi connectivity index (χ1v) is 6.70. The van der Waals surface area contributed by atoms with Gasteiger partial charge in [0.2, 0.25) is 0 Å². The Bertz CT molecular complexity index is 381. The van der Waals surface area contributed by atoms with Crippen LogP contribution in [0.15, 0.2) is 18.2 Å². The van der Waals surface area contributed by atoms with Crippen LogP contribution in [0.4, 0.5) is 0 Å². The Hall–Kier alpha value is -1.22. The highest BCUT2D eigenvalue weighted by Crippen LogP contribution is 2.32. The van der Waals surface area contributed by atoms with Gasteiger partial charge < -0.3 is 14.6 Å². The number of ether oxygens (including phenoxy) is 2. The molecule has 3 nitrogen and oxygen atoms in total. The Balaban J connectivity index is 2.13. The Kier molecular flexibility index (Phi) is 4.48. The molecular formula is C15H22O3. The van der Waals surface area contributed by atoms with Crippen LogP contribution in [0.2, 0.25) is 0 Å². The molecule has 18 heavy (non-hydrogen) atoms. The molecule has 1 aromatic carbocycles. The second kappa shape index (κ2) is 6.10. The summed E-state index contributed by atoms with van der Waals surface area (Å²) in [6.07, 6.45) is 5.39. The number of rotatable bonds is 5. The summed E-state index contributed by atoms with van der Waals surface area (Å²) in [4.78, 5) is 0. The summed E-state index contributed by atoms with van der Waals surface area (Å²) in [5, 5.41) is 9.44. The average molecular weight is 250 g/mol. The topological polar surface area (TPSA) is 38.7 Å². The van der Waals surface area contributed by atoms with Gasteiger partial charge in [0.15, 0.2) is 11.5 Å². The minimum atomic E-state index is -0.335. The van der Waals surface area contributed by atoms with Gasteiger partial charge in [0.25, 0.3) is 0 Å². The number of benzene rings is 1. The van der Waals surface area contributed by atoms with Gasteiger partial charge in [-0.15, -0.1) is 0 Å². The van der Waals surface area contributed by atoms with Gasteiger partial charge in [-0.25, -0.2) is 0 Å². The summed E-state index contributed by atoms with van der Waals surface area (Å²) in [6, 6.07) is 5.89. The van der Waals surface area contributed by atoms with Crippen molar-refractivity contribution >= 4 is 0 Å². The summed E-state index contributed by atoms with van der Waals surface area (Å²) in [6.45, 7) is 1.79. The van der Waals surface area contributed by atoms with Crippen molar-refractivity contribution in [3.8, 4) is 11.5 Å². The molecule has 100 valence electrons. The van der Waals surface area contributed by atoms with E-state index in [1.807, 2.05) is 18.2 Å². The van der Waals surface area contributed by atoms with Gasteiger partial charge in [-0.1, -0.05) is 6.07 Å². The van der Waals surface area contributed by atoms with E-state index in [-0.39, 0.29) is 6.10 Å². The molecule has 1 atom stereocenters. The van der Waals surface area contributed by atoms with Crippen LogP contribution in [0.1, 0.15) is 38.2 Å². The van der Waals surface area contributed by atoms with Gasteiger partial charge in [0.1, 0.15) is 0 Å². The van der Waals surface area contributed by atoms with Crippen molar-refractivity contribution in [2.24, 2.45) is 0 Å². The summed E-state index contributed by atoms with van der Waals surface area (Å²) < 4.78 is 11.3. The fourth-order valence-electron chi connectivity index (χ4n) is 2.47. The van der Waals surface area contributed by atoms with E-state index in [2.05, 4.69) is 0 Å². The number of aliphatic hydroxyl groups is 1. The zero-order chi connectivity index (χ0) is 13.0. The number of hydrogen-bond donors (Lipinski definition) is 1. The fourth-order valence-corrected chi connectivity index (χ4v) is 2.47. The maximum absolute atomic E-state index is 9.44. The molecule has 2 rings (SSSR count). The summed E-state index contributed by atoms with van der Waals surface area (Å²) >= 11 is 0. The molecule has 0 radical (unpaired) electrons. The highest BCUT2D eigenvalue weighted by atomic mass is 16.5. The third-order valence-electron chi connectivity index (χ3n) is 3.35. The number of hydrogen-bond acceptors (Lipinski definition) is 3. The molecule has 0 heterocycles. The van der Waals surface area contributed by atoms with Crippen molar-refractivity contribution in [2.45, 2.75) is 51.2 Å². The molecule has 1 aliphatic carbocycles. The summed E-state index contributed by atoms with van der Waals surface area (Å²) in [5.41, 5.74) is 1.08. The molecule has 0 amide bonds. The molecule has 1 aromatic rings. The van der Waals surface area contributed by atoms with E-state index >= 15 is 0 Å². The third-order valence-corrected chi connectivity index (χ3v) is 3.35. The van der Waals surface area contributed by atoms with Crippen molar-refractivity contribution in [3.63, 3.8) is 0 Å². The molecule has 1 N–H and O–H groups in total. The third kappa shape index (κ3) is 3.39. The molecule has 0 saturated heterocycles. The summed E-state index contributed by atoms with van der Waals surface area (Å²) in [7, 11) is 1.66. The monoisotopic (exact) mass is 250 g/mol. The molecule has 0 aromatic heterocycles. The number of methoxy groups -OCH3 is 1. The first-order valence-electron chi connectivity index (χ1n) is 6.70. The van der Waals surface area contributed by atoms with Crippen molar-refractivity contribution in [2.75, 3.05) is 7.11 Å². The van der Waals surface area contributed by atoms with E-state index in [4.69, 9.17) is 9.47 Å². The van der Waals surface area contributed by atoms with Gasteiger partial charge in [0.05, 0.1) is 19.3 Å². The minimum absolute atomic E-state index is 0.320. The lowest BCUT2D eigenvalue weighted by Gasteiger charge is -2.17. The first-order chi connectivity index (χ1) is 8.69. The van der Waals surface area contributed by atoms with Gasteiger partial charge >= 0.3 is 0 Å². The predicted molar refractivity (Wildman–Crippen MR) is 71.3 cm³/mol. The largest absolute Gasteiger partial charge is 0.493 e. The minimum Gasteiger partial charge on any atom is -0.493 e.